The van der Waals surface area contributed by atoms with Gasteiger partial charge in [0.05, 0.1) is 10.9 Å². The van der Waals surface area contributed by atoms with Crippen molar-refractivity contribution in [2.75, 3.05) is 5.32 Å². The molecule has 0 aliphatic rings. The van der Waals surface area contributed by atoms with Crippen LogP contribution in [-0.4, -0.2) is 25.9 Å². The Morgan fingerprint density at radius 3 is 2.64 bits per heavy atom. The third-order valence-electron chi connectivity index (χ3n) is 3.94. The molecule has 0 fully saturated rings. The molecule has 2 N–H and O–H groups in total. The van der Waals surface area contributed by atoms with E-state index >= 15 is 0 Å². The van der Waals surface area contributed by atoms with E-state index in [1.165, 1.54) is 11.8 Å². The molecule has 1 unspecified atom stereocenters. The summed E-state index contributed by atoms with van der Waals surface area (Å²) in [6.07, 6.45) is 0.817. The molecular weight excluding hydrogens is 392 g/mol. The summed E-state index contributed by atoms with van der Waals surface area (Å²) in [6, 6.07) is 17.7. The summed E-state index contributed by atoms with van der Waals surface area (Å²) < 4.78 is 1.56. The fraction of sp³-hybridized carbons (Fsp3) is 0.250. The van der Waals surface area contributed by atoms with Gasteiger partial charge in [-0.15, -0.1) is 5.10 Å². The van der Waals surface area contributed by atoms with Crippen LogP contribution in [0.5, 0.6) is 0 Å². The van der Waals surface area contributed by atoms with E-state index in [-0.39, 0.29) is 11.6 Å². The maximum Gasteiger partial charge on any atom is 0.343 e. The van der Waals surface area contributed by atoms with Crippen LogP contribution in [0.3, 0.4) is 0 Å². The summed E-state index contributed by atoms with van der Waals surface area (Å²) in [5.74, 6) is -0.135. The molecule has 2 aromatic carbocycles. The minimum absolute atomic E-state index is 0.135. The number of aromatic amines is 1. The third kappa shape index (κ3) is 5.08. The Kier molecular flexibility index (Phi) is 7.00. The zero-order valence-electron chi connectivity index (χ0n) is 15.7. The molecule has 0 aliphatic heterocycles. The number of hydrogen-bond acceptors (Lipinski definition) is 5. The maximum atomic E-state index is 12.7. The quantitative estimate of drug-likeness (QED) is 0.539. The van der Waals surface area contributed by atoms with Gasteiger partial charge in [0.25, 0.3) is 0 Å². The van der Waals surface area contributed by atoms with E-state index in [1.54, 1.807) is 16.3 Å². The van der Waals surface area contributed by atoms with E-state index in [2.05, 4.69) is 15.5 Å². The van der Waals surface area contributed by atoms with E-state index in [1.807, 2.05) is 68.4 Å². The summed E-state index contributed by atoms with van der Waals surface area (Å²) in [5.41, 5.74) is 0.517. The zero-order chi connectivity index (χ0) is 19.9. The number of nitrogens with one attached hydrogen (secondary N) is 2. The first-order chi connectivity index (χ1) is 13.6. The Morgan fingerprint density at radius 2 is 1.89 bits per heavy atom. The average Bonchev–Trinajstić information content (AvgIpc) is 3.04. The first kappa shape index (κ1) is 20.3. The highest BCUT2D eigenvalue weighted by Gasteiger charge is 2.20. The molecule has 146 valence electrons. The fourth-order valence-electron chi connectivity index (χ4n) is 2.53. The van der Waals surface area contributed by atoms with E-state index in [0.717, 1.165) is 21.9 Å². The number of rotatable bonds is 8. The van der Waals surface area contributed by atoms with Crippen LogP contribution in [0.25, 0.3) is 0 Å². The number of H-pyrrole nitrogens is 1. The van der Waals surface area contributed by atoms with Crippen molar-refractivity contribution >= 4 is 35.1 Å². The second kappa shape index (κ2) is 9.66. The van der Waals surface area contributed by atoms with Crippen LogP contribution in [0, 0.1) is 0 Å². The van der Waals surface area contributed by atoms with Crippen molar-refractivity contribution in [1.82, 2.24) is 14.8 Å². The highest BCUT2D eigenvalue weighted by molar-refractivity contribution is 8.00. The highest BCUT2D eigenvalue weighted by atomic mass is 32.2. The van der Waals surface area contributed by atoms with Crippen molar-refractivity contribution in [3.05, 3.63) is 65.1 Å². The summed E-state index contributed by atoms with van der Waals surface area (Å²) in [4.78, 5) is 26.6. The predicted octanol–water partition coefficient (Wildman–Crippen LogP) is 4.25. The van der Waals surface area contributed by atoms with Crippen LogP contribution in [0.1, 0.15) is 20.3 Å². The number of benzene rings is 2. The molecule has 0 aliphatic carbocycles. The molecule has 1 amide bonds. The lowest BCUT2D eigenvalue weighted by molar-refractivity contribution is -0.115. The number of carbonyl (C=O) groups is 1. The topological polar surface area (TPSA) is 79.8 Å². The van der Waals surface area contributed by atoms with E-state index in [4.69, 9.17) is 0 Å². The molecule has 0 saturated heterocycles. The number of amides is 1. The van der Waals surface area contributed by atoms with E-state index in [0.29, 0.717) is 11.7 Å². The summed E-state index contributed by atoms with van der Waals surface area (Å²) in [6.45, 7) is 4.37. The molecule has 0 radical (unpaired) electrons. The van der Waals surface area contributed by atoms with Crippen LogP contribution in [-0.2, 0) is 11.3 Å². The molecule has 1 atom stereocenters. The highest BCUT2D eigenvalue weighted by Crippen LogP contribution is 2.33. The van der Waals surface area contributed by atoms with Gasteiger partial charge in [0.1, 0.15) is 0 Å². The lowest BCUT2D eigenvalue weighted by Gasteiger charge is -2.14. The summed E-state index contributed by atoms with van der Waals surface area (Å²) in [7, 11) is 0. The molecule has 1 heterocycles. The fourth-order valence-corrected chi connectivity index (χ4v) is 4.34. The van der Waals surface area contributed by atoms with Crippen molar-refractivity contribution < 1.29 is 4.79 Å². The Morgan fingerprint density at radius 1 is 1.18 bits per heavy atom. The van der Waals surface area contributed by atoms with Crippen molar-refractivity contribution in [1.29, 1.82) is 0 Å². The van der Waals surface area contributed by atoms with Crippen LogP contribution < -0.4 is 11.0 Å². The Balaban J connectivity index is 1.70. The average molecular weight is 415 g/mol. The van der Waals surface area contributed by atoms with Gasteiger partial charge in [0, 0.05) is 16.3 Å². The summed E-state index contributed by atoms with van der Waals surface area (Å²) >= 11 is 2.87. The maximum absolute atomic E-state index is 12.7. The van der Waals surface area contributed by atoms with Gasteiger partial charge in [0.15, 0.2) is 5.16 Å². The molecule has 28 heavy (non-hydrogen) atoms. The van der Waals surface area contributed by atoms with Crippen LogP contribution >= 0.6 is 23.5 Å². The molecule has 8 heteroatoms. The second-order valence-electron chi connectivity index (χ2n) is 6.12. The van der Waals surface area contributed by atoms with Crippen molar-refractivity contribution in [2.24, 2.45) is 0 Å². The molecular formula is C20H22N4O2S2. The van der Waals surface area contributed by atoms with Gasteiger partial charge in [-0.3, -0.25) is 9.36 Å². The zero-order valence-corrected chi connectivity index (χ0v) is 17.3. The first-order valence-electron chi connectivity index (χ1n) is 9.03. The monoisotopic (exact) mass is 414 g/mol. The third-order valence-corrected chi connectivity index (χ3v) is 6.11. The Bertz CT molecular complexity index is 985. The van der Waals surface area contributed by atoms with Crippen molar-refractivity contribution in [3.63, 3.8) is 0 Å². The number of para-hydroxylation sites is 1. The standard InChI is InChI=1S/C20H22N4O2S2/c1-3-13-24-19(26)22-23-20(24)27-14(2)18(25)21-16-11-7-8-12-17(16)28-15-9-5-4-6-10-15/h4-12,14H,3,13H2,1-2H3,(H,21,25)(H,22,26). The van der Waals surface area contributed by atoms with Gasteiger partial charge in [0.2, 0.25) is 5.91 Å². The first-order valence-corrected chi connectivity index (χ1v) is 10.7. The number of thioether (sulfide) groups is 1. The molecule has 0 spiro atoms. The van der Waals surface area contributed by atoms with Gasteiger partial charge in [-0.05, 0) is 37.6 Å². The molecule has 6 nitrogen and oxygen atoms in total. The van der Waals surface area contributed by atoms with Crippen molar-refractivity contribution in [3.8, 4) is 0 Å². The molecule has 0 bridgehead atoms. The van der Waals surface area contributed by atoms with Gasteiger partial charge < -0.3 is 5.32 Å². The van der Waals surface area contributed by atoms with Gasteiger partial charge >= 0.3 is 5.69 Å². The normalized spacial score (nSPS) is 11.9. The lowest BCUT2D eigenvalue weighted by atomic mass is 10.3. The Hall–Kier alpha value is -2.45. The number of anilines is 1. The van der Waals surface area contributed by atoms with Crippen LogP contribution in [0.2, 0.25) is 0 Å². The smallest absolute Gasteiger partial charge is 0.324 e. The lowest BCUT2D eigenvalue weighted by Crippen LogP contribution is -2.24. The minimum Gasteiger partial charge on any atom is -0.324 e. The molecule has 3 aromatic rings. The summed E-state index contributed by atoms with van der Waals surface area (Å²) in [5, 5.41) is 9.63. The number of carbonyl (C=O) groups excluding carboxylic acids is 1. The number of hydrogen-bond donors (Lipinski definition) is 2. The minimum atomic E-state index is -0.402. The SMILES string of the molecule is CCCn1c(SC(C)C(=O)Nc2ccccc2Sc2ccccc2)n[nH]c1=O. The molecule has 3 rings (SSSR count). The van der Waals surface area contributed by atoms with Crippen molar-refractivity contribution in [2.45, 2.75) is 47.0 Å². The van der Waals surface area contributed by atoms with Crippen LogP contribution in [0.15, 0.2) is 74.3 Å². The van der Waals surface area contributed by atoms with Gasteiger partial charge in [-0.1, -0.05) is 60.8 Å². The molecule has 1 aromatic heterocycles. The van der Waals surface area contributed by atoms with Gasteiger partial charge in [-0.2, -0.15) is 0 Å². The second-order valence-corrected chi connectivity index (χ2v) is 8.55. The Labute approximate surface area is 172 Å². The number of aromatic nitrogens is 3. The van der Waals surface area contributed by atoms with Crippen LogP contribution in [0.4, 0.5) is 5.69 Å². The predicted molar refractivity (Wildman–Crippen MR) is 114 cm³/mol. The van der Waals surface area contributed by atoms with E-state index in [9.17, 15) is 9.59 Å². The van der Waals surface area contributed by atoms with Gasteiger partial charge in [-0.25, -0.2) is 9.89 Å². The van der Waals surface area contributed by atoms with E-state index < -0.39 is 5.25 Å². The largest absolute Gasteiger partial charge is 0.343 e. The molecule has 0 saturated carbocycles. The number of nitrogens with zero attached hydrogens (tertiary/aromatic N) is 2.